The van der Waals surface area contributed by atoms with Crippen LogP contribution >= 0.6 is 0 Å². The van der Waals surface area contributed by atoms with Gasteiger partial charge in [0.15, 0.2) is 0 Å². The molecule has 0 radical (unpaired) electrons. The number of piperazine rings is 1. The summed E-state index contributed by atoms with van der Waals surface area (Å²) in [6.07, 6.45) is 7.14. The number of hydrogen-bond donors (Lipinski definition) is 1. The first-order chi connectivity index (χ1) is 14.2. The number of nitrogens with one attached hydrogen (secondary N) is 1. The Bertz CT molecular complexity index is 808. The summed E-state index contributed by atoms with van der Waals surface area (Å²) in [6, 6.07) is 19.1. The van der Waals surface area contributed by atoms with Gasteiger partial charge in [0.25, 0.3) is 0 Å². The standard InChI is InChI=1S/C25H31N3O/c29-25(18-21-6-4-5-7-21)26-24-12-10-23(11-13-24)20-28-16-14-27(15-17-28)19-22-8-2-1-3-9-22/h1-4,6,8-13,21H,5,7,14-20H2,(H,26,29). The minimum absolute atomic E-state index is 0.115. The van der Waals surface area contributed by atoms with Crippen LogP contribution in [0.1, 0.15) is 30.4 Å². The number of amides is 1. The van der Waals surface area contributed by atoms with Crippen molar-refractivity contribution in [2.75, 3.05) is 31.5 Å². The molecule has 1 N–H and O–H groups in total. The molecular formula is C25H31N3O. The minimum Gasteiger partial charge on any atom is -0.326 e. The fourth-order valence-corrected chi connectivity index (χ4v) is 4.21. The number of allylic oxidation sites excluding steroid dienone is 2. The van der Waals surface area contributed by atoms with E-state index in [0.717, 1.165) is 57.8 Å². The lowest BCUT2D eigenvalue weighted by molar-refractivity contribution is -0.116. The Labute approximate surface area is 174 Å². The highest BCUT2D eigenvalue weighted by atomic mass is 16.1. The topological polar surface area (TPSA) is 35.6 Å². The third kappa shape index (κ3) is 6.02. The molecule has 0 spiro atoms. The summed E-state index contributed by atoms with van der Waals surface area (Å²) in [5, 5.41) is 3.04. The second-order valence-corrected chi connectivity index (χ2v) is 8.25. The van der Waals surface area contributed by atoms with E-state index < -0.39 is 0 Å². The maximum absolute atomic E-state index is 12.2. The van der Waals surface area contributed by atoms with Crippen LogP contribution in [0.25, 0.3) is 0 Å². The van der Waals surface area contributed by atoms with E-state index in [1.807, 2.05) is 12.1 Å². The Morgan fingerprint density at radius 1 is 0.862 bits per heavy atom. The van der Waals surface area contributed by atoms with E-state index >= 15 is 0 Å². The maximum atomic E-state index is 12.2. The first-order valence-electron chi connectivity index (χ1n) is 10.8. The van der Waals surface area contributed by atoms with E-state index in [2.05, 4.69) is 69.7 Å². The molecule has 1 saturated heterocycles. The third-order valence-corrected chi connectivity index (χ3v) is 5.92. The van der Waals surface area contributed by atoms with E-state index in [0.29, 0.717) is 12.3 Å². The van der Waals surface area contributed by atoms with Gasteiger partial charge in [-0.3, -0.25) is 14.6 Å². The van der Waals surface area contributed by atoms with E-state index in [-0.39, 0.29) is 5.91 Å². The van der Waals surface area contributed by atoms with Crippen molar-refractivity contribution in [2.45, 2.75) is 32.4 Å². The summed E-state index contributed by atoms with van der Waals surface area (Å²) >= 11 is 0. The second kappa shape index (κ2) is 9.86. The van der Waals surface area contributed by atoms with Crippen LogP contribution in [-0.2, 0) is 17.9 Å². The molecule has 152 valence electrons. The number of hydrogen-bond acceptors (Lipinski definition) is 3. The number of carbonyl (C=O) groups is 1. The van der Waals surface area contributed by atoms with Gasteiger partial charge in [-0.15, -0.1) is 0 Å². The van der Waals surface area contributed by atoms with Gasteiger partial charge in [-0.05, 0) is 42.0 Å². The van der Waals surface area contributed by atoms with Crippen molar-refractivity contribution in [3.63, 3.8) is 0 Å². The fraction of sp³-hybridized carbons (Fsp3) is 0.400. The maximum Gasteiger partial charge on any atom is 0.224 e. The number of carbonyl (C=O) groups excluding carboxylic acids is 1. The van der Waals surface area contributed by atoms with E-state index in [9.17, 15) is 4.79 Å². The molecule has 1 unspecified atom stereocenters. The van der Waals surface area contributed by atoms with Gasteiger partial charge >= 0.3 is 0 Å². The Morgan fingerprint density at radius 2 is 1.48 bits per heavy atom. The molecule has 4 heteroatoms. The molecule has 0 saturated carbocycles. The zero-order chi connectivity index (χ0) is 19.9. The van der Waals surface area contributed by atoms with Gasteiger partial charge < -0.3 is 5.32 Å². The number of nitrogens with zero attached hydrogens (tertiary/aromatic N) is 2. The zero-order valence-electron chi connectivity index (χ0n) is 17.1. The monoisotopic (exact) mass is 389 g/mol. The van der Waals surface area contributed by atoms with E-state index in [4.69, 9.17) is 0 Å². The second-order valence-electron chi connectivity index (χ2n) is 8.25. The molecule has 1 fully saturated rings. The van der Waals surface area contributed by atoms with Crippen LogP contribution in [0.2, 0.25) is 0 Å². The molecule has 4 nitrogen and oxygen atoms in total. The third-order valence-electron chi connectivity index (χ3n) is 5.92. The highest BCUT2D eigenvalue weighted by Crippen LogP contribution is 2.21. The molecule has 1 aliphatic carbocycles. The van der Waals surface area contributed by atoms with Crippen LogP contribution < -0.4 is 5.32 Å². The molecule has 1 aliphatic heterocycles. The van der Waals surface area contributed by atoms with E-state index in [1.54, 1.807) is 0 Å². The van der Waals surface area contributed by atoms with Crippen LogP contribution in [0.3, 0.4) is 0 Å². The SMILES string of the molecule is O=C(CC1C=CCC1)Nc1ccc(CN2CCN(Cc3ccccc3)CC2)cc1. The van der Waals surface area contributed by atoms with Crippen molar-refractivity contribution in [3.8, 4) is 0 Å². The molecule has 1 heterocycles. The van der Waals surface area contributed by atoms with Crippen molar-refractivity contribution in [1.29, 1.82) is 0 Å². The average molecular weight is 390 g/mol. The smallest absolute Gasteiger partial charge is 0.224 e. The molecule has 2 aromatic rings. The first kappa shape index (κ1) is 19.9. The van der Waals surface area contributed by atoms with Crippen LogP contribution in [0.4, 0.5) is 5.69 Å². The molecule has 2 aliphatic rings. The number of rotatable bonds is 7. The van der Waals surface area contributed by atoms with Crippen molar-refractivity contribution in [2.24, 2.45) is 5.92 Å². The van der Waals surface area contributed by atoms with Crippen molar-refractivity contribution >= 4 is 11.6 Å². The van der Waals surface area contributed by atoms with Gasteiger partial charge in [-0.2, -0.15) is 0 Å². The Kier molecular flexibility index (Phi) is 6.75. The fourth-order valence-electron chi connectivity index (χ4n) is 4.21. The van der Waals surface area contributed by atoms with Crippen molar-refractivity contribution in [1.82, 2.24) is 9.80 Å². The van der Waals surface area contributed by atoms with E-state index in [1.165, 1.54) is 11.1 Å². The number of anilines is 1. The van der Waals surface area contributed by atoms with Gasteiger partial charge in [0.1, 0.15) is 0 Å². The summed E-state index contributed by atoms with van der Waals surface area (Å²) < 4.78 is 0. The molecular weight excluding hydrogens is 358 g/mol. The largest absolute Gasteiger partial charge is 0.326 e. The Hall–Kier alpha value is -2.43. The van der Waals surface area contributed by atoms with Gasteiger partial charge in [0, 0.05) is 51.4 Å². The highest BCUT2D eigenvalue weighted by molar-refractivity contribution is 5.91. The lowest BCUT2D eigenvalue weighted by Crippen LogP contribution is -2.45. The van der Waals surface area contributed by atoms with Crippen LogP contribution in [-0.4, -0.2) is 41.9 Å². The molecule has 0 bridgehead atoms. The predicted octanol–water partition coefficient (Wildman–Crippen LogP) is 4.30. The summed E-state index contributed by atoms with van der Waals surface area (Å²) in [5.74, 6) is 0.527. The predicted molar refractivity (Wildman–Crippen MR) is 119 cm³/mol. The quantitative estimate of drug-likeness (QED) is 0.717. The van der Waals surface area contributed by atoms with Gasteiger partial charge in [-0.25, -0.2) is 0 Å². The molecule has 1 atom stereocenters. The Balaban J connectivity index is 1.20. The highest BCUT2D eigenvalue weighted by Gasteiger charge is 2.17. The van der Waals surface area contributed by atoms with Crippen LogP contribution in [0.15, 0.2) is 66.7 Å². The van der Waals surface area contributed by atoms with Gasteiger partial charge in [-0.1, -0.05) is 54.6 Å². The summed E-state index contributed by atoms with van der Waals surface area (Å²) in [5.41, 5.74) is 3.59. The molecule has 29 heavy (non-hydrogen) atoms. The average Bonchev–Trinajstić information content (AvgIpc) is 3.25. The minimum atomic E-state index is 0.115. The lowest BCUT2D eigenvalue weighted by Gasteiger charge is -2.34. The summed E-state index contributed by atoms with van der Waals surface area (Å²) in [7, 11) is 0. The van der Waals surface area contributed by atoms with Gasteiger partial charge in [0.05, 0.1) is 0 Å². The zero-order valence-corrected chi connectivity index (χ0v) is 17.1. The molecule has 4 rings (SSSR count). The van der Waals surface area contributed by atoms with Crippen LogP contribution in [0.5, 0.6) is 0 Å². The van der Waals surface area contributed by atoms with Crippen molar-refractivity contribution < 1.29 is 4.79 Å². The molecule has 1 amide bonds. The van der Waals surface area contributed by atoms with Crippen LogP contribution in [0, 0.1) is 5.92 Å². The summed E-state index contributed by atoms with van der Waals surface area (Å²) in [6.45, 7) is 6.43. The lowest BCUT2D eigenvalue weighted by atomic mass is 10.0. The van der Waals surface area contributed by atoms with Crippen molar-refractivity contribution in [3.05, 3.63) is 77.9 Å². The first-order valence-corrected chi connectivity index (χ1v) is 10.8. The van der Waals surface area contributed by atoms with Gasteiger partial charge in [0.2, 0.25) is 5.91 Å². The summed E-state index contributed by atoms with van der Waals surface area (Å²) in [4.78, 5) is 17.2. The normalized spacial score (nSPS) is 20.1. The molecule has 0 aromatic heterocycles. The molecule has 2 aromatic carbocycles. The number of benzene rings is 2. The Morgan fingerprint density at radius 3 is 2.07 bits per heavy atom.